The summed E-state index contributed by atoms with van der Waals surface area (Å²) in [5.41, 5.74) is 6.11. The molecule has 1 aliphatic heterocycles. The molecule has 0 spiro atoms. The largest absolute Gasteiger partial charge is 0.378 e. The fraction of sp³-hybridized carbons (Fsp3) is 0.421. The highest BCUT2D eigenvalue weighted by Crippen LogP contribution is 2.48. The lowest BCUT2D eigenvalue weighted by molar-refractivity contribution is -0.124. The van der Waals surface area contributed by atoms with Gasteiger partial charge in [-0.2, -0.15) is 0 Å². The van der Waals surface area contributed by atoms with Gasteiger partial charge in [-0.15, -0.1) is 0 Å². The van der Waals surface area contributed by atoms with Crippen molar-refractivity contribution in [3.05, 3.63) is 45.4 Å². The number of nitrogens with zero attached hydrogens (tertiary/aromatic N) is 2. The van der Waals surface area contributed by atoms with Crippen molar-refractivity contribution in [2.75, 3.05) is 31.2 Å². The number of amides is 2. The second-order valence-electron chi connectivity index (χ2n) is 7.01. The average Bonchev–Trinajstić information content (AvgIpc) is 3.43. The Hall–Kier alpha value is -2.16. The highest BCUT2D eigenvalue weighted by molar-refractivity contribution is 7.17. The summed E-state index contributed by atoms with van der Waals surface area (Å²) in [4.78, 5) is 32.4. The van der Waals surface area contributed by atoms with E-state index in [9.17, 15) is 9.59 Å². The van der Waals surface area contributed by atoms with E-state index in [1.54, 1.807) is 19.1 Å². The first-order chi connectivity index (χ1) is 13.5. The number of anilines is 1. The first kappa shape index (κ1) is 19.2. The van der Waals surface area contributed by atoms with Crippen molar-refractivity contribution in [2.24, 2.45) is 0 Å². The summed E-state index contributed by atoms with van der Waals surface area (Å²) in [5.74, 6) is -0.562. The molecule has 1 aliphatic carbocycles. The Morgan fingerprint density at radius 1 is 1.18 bits per heavy atom. The van der Waals surface area contributed by atoms with E-state index in [2.05, 4.69) is 20.7 Å². The number of thiazole rings is 1. The first-order valence-corrected chi connectivity index (χ1v) is 10.4. The Kier molecular flexibility index (Phi) is 5.27. The van der Waals surface area contributed by atoms with E-state index in [0.717, 1.165) is 36.6 Å². The lowest BCUT2D eigenvalue weighted by Gasteiger charge is -2.25. The minimum absolute atomic E-state index is 0.209. The van der Waals surface area contributed by atoms with Crippen LogP contribution in [0.5, 0.6) is 0 Å². The molecule has 2 aromatic rings. The van der Waals surface area contributed by atoms with E-state index < -0.39 is 5.41 Å². The van der Waals surface area contributed by atoms with Gasteiger partial charge in [-0.25, -0.2) is 4.98 Å². The average molecular weight is 421 g/mol. The molecule has 1 saturated heterocycles. The van der Waals surface area contributed by atoms with E-state index in [4.69, 9.17) is 16.3 Å². The van der Waals surface area contributed by atoms with Gasteiger partial charge in [-0.05, 0) is 37.5 Å². The molecule has 2 N–H and O–H groups in total. The molecule has 1 aromatic heterocycles. The van der Waals surface area contributed by atoms with Gasteiger partial charge in [0, 0.05) is 18.1 Å². The van der Waals surface area contributed by atoms with Crippen LogP contribution in [-0.2, 0) is 14.9 Å². The molecule has 0 atom stereocenters. The molecule has 148 valence electrons. The van der Waals surface area contributed by atoms with Crippen molar-refractivity contribution in [2.45, 2.75) is 25.2 Å². The minimum atomic E-state index is -0.584. The van der Waals surface area contributed by atoms with E-state index in [0.29, 0.717) is 28.8 Å². The third-order valence-electron chi connectivity index (χ3n) is 5.14. The van der Waals surface area contributed by atoms with Gasteiger partial charge in [-0.1, -0.05) is 35.1 Å². The fourth-order valence-corrected chi connectivity index (χ4v) is 4.45. The van der Waals surface area contributed by atoms with Gasteiger partial charge in [0.25, 0.3) is 5.91 Å². The maximum atomic E-state index is 12.7. The molecule has 0 bridgehead atoms. The third-order valence-corrected chi connectivity index (χ3v) is 6.61. The molecule has 2 amide bonds. The Labute approximate surface area is 172 Å². The molecule has 4 rings (SSSR count). The number of rotatable bonds is 4. The monoisotopic (exact) mass is 420 g/mol. The van der Waals surface area contributed by atoms with Crippen LogP contribution in [-0.4, -0.2) is 43.1 Å². The Bertz CT molecular complexity index is 889. The van der Waals surface area contributed by atoms with Gasteiger partial charge in [0.05, 0.1) is 24.3 Å². The number of carbonyl (C=O) groups excluding carboxylic acids is 2. The topological polar surface area (TPSA) is 83.6 Å². The summed E-state index contributed by atoms with van der Waals surface area (Å²) < 4.78 is 5.35. The molecule has 2 aliphatic rings. The number of halogens is 1. The minimum Gasteiger partial charge on any atom is -0.378 e. The van der Waals surface area contributed by atoms with Gasteiger partial charge in [0.1, 0.15) is 4.88 Å². The Morgan fingerprint density at radius 3 is 2.50 bits per heavy atom. The van der Waals surface area contributed by atoms with Crippen LogP contribution >= 0.6 is 22.9 Å². The summed E-state index contributed by atoms with van der Waals surface area (Å²) in [6.07, 6.45) is 1.49. The van der Waals surface area contributed by atoms with Crippen LogP contribution in [0.4, 0.5) is 5.13 Å². The molecule has 1 aromatic carbocycles. The first-order valence-electron chi connectivity index (χ1n) is 9.16. The van der Waals surface area contributed by atoms with Gasteiger partial charge in [0.2, 0.25) is 5.91 Å². The van der Waals surface area contributed by atoms with Gasteiger partial charge in [-0.3, -0.25) is 20.4 Å². The van der Waals surface area contributed by atoms with Crippen LogP contribution in [0, 0.1) is 6.92 Å². The lowest BCUT2D eigenvalue weighted by atomic mass is 9.95. The number of hydrogen-bond donors (Lipinski definition) is 2. The fourth-order valence-electron chi connectivity index (χ4n) is 3.31. The molecule has 9 heteroatoms. The molecule has 1 saturated carbocycles. The van der Waals surface area contributed by atoms with E-state index in [1.807, 2.05) is 12.1 Å². The maximum Gasteiger partial charge on any atom is 0.281 e. The molecule has 2 fully saturated rings. The van der Waals surface area contributed by atoms with E-state index >= 15 is 0 Å². The van der Waals surface area contributed by atoms with Crippen molar-refractivity contribution >= 4 is 39.9 Å². The summed E-state index contributed by atoms with van der Waals surface area (Å²) in [7, 11) is 0. The smallest absolute Gasteiger partial charge is 0.281 e. The predicted octanol–water partition coefficient (Wildman–Crippen LogP) is 2.43. The van der Waals surface area contributed by atoms with Crippen LogP contribution in [0.2, 0.25) is 5.02 Å². The molecule has 0 unspecified atom stereocenters. The van der Waals surface area contributed by atoms with E-state index in [1.165, 1.54) is 11.3 Å². The van der Waals surface area contributed by atoms with Crippen LogP contribution in [0.25, 0.3) is 0 Å². The number of nitrogens with one attached hydrogen (secondary N) is 2. The molecule has 2 heterocycles. The van der Waals surface area contributed by atoms with Gasteiger partial charge >= 0.3 is 0 Å². The third kappa shape index (κ3) is 3.72. The highest BCUT2D eigenvalue weighted by Gasteiger charge is 2.51. The number of aryl methyl sites for hydroxylation is 1. The Morgan fingerprint density at radius 2 is 1.86 bits per heavy atom. The van der Waals surface area contributed by atoms with Crippen molar-refractivity contribution in [1.82, 2.24) is 15.8 Å². The van der Waals surface area contributed by atoms with Crippen molar-refractivity contribution in [1.29, 1.82) is 0 Å². The number of hydrogen-bond acceptors (Lipinski definition) is 6. The zero-order chi connectivity index (χ0) is 19.7. The quantitative estimate of drug-likeness (QED) is 0.742. The molecule has 0 radical (unpaired) electrons. The van der Waals surface area contributed by atoms with Crippen LogP contribution < -0.4 is 15.8 Å². The number of aromatic nitrogens is 1. The van der Waals surface area contributed by atoms with Crippen molar-refractivity contribution < 1.29 is 14.3 Å². The zero-order valence-corrected chi connectivity index (χ0v) is 17.0. The number of carbonyl (C=O) groups is 2. The summed E-state index contributed by atoms with van der Waals surface area (Å²) in [6, 6.07) is 7.27. The van der Waals surface area contributed by atoms with Crippen LogP contribution in [0.3, 0.4) is 0 Å². The number of morpholine rings is 1. The summed E-state index contributed by atoms with van der Waals surface area (Å²) in [5, 5.41) is 1.43. The van der Waals surface area contributed by atoms with Gasteiger partial charge in [0.15, 0.2) is 5.13 Å². The molecule has 28 heavy (non-hydrogen) atoms. The molecule has 7 nitrogen and oxygen atoms in total. The van der Waals surface area contributed by atoms with E-state index in [-0.39, 0.29) is 11.8 Å². The van der Waals surface area contributed by atoms with Crippen molar-refractivity contribution in [3.63, 3.8) is 0 Å². The van der Waals surface area contributed by atoms with Crippen molar-refractivity contribution in [3.8, 4) is 0 Å². The standard InChI is InChI=1S/C19H21ClN4O3S/c1-12-15(28-18(21-12)24-8-10-27-11-9-24)16(25)22-23-17(26)19(6-7-19)13-2-4-14(20)5-3-13/h2-5H,6-11H2,1H3,(H,22,25)(H,23,26). The van der Waals surface area contributed by atoms with Gasteiger partial charge < -0.3 is 9.64 Å². The number of benzene rings is 1. The molecular weight excluding hydrogens is 400 g/mol. The Balaban J connectivity index is 1.40. The second kappa shape index (κ2) is 7.69. The predicted molar refractivity (Wildman–Crippen MR) is 108 cm³/mol. The van der Waals surface area contributed by atoms with Crippen LogP contribution in [0.15, 0.2) is 24.3 Å². The normalized spacial score (nSPS) is 17.9. The summed E-state index contributed by atoms with van der Waals surface area (Å²) >= 11 is 7.26. The number of hydrazine groups is 1. The second-order valence-corrected chi connectivity index (χ2v) is 8.42. The maximum absolute atomic E-state index is 12.7. The summed E-state index contributed by atoms with van der Waals surface area (Å²) in [6.45, 7) is 4.63. The SMILES string of the molecule is Cc1nc(N2CCOCC2)sc1C(=O)NNC(=O)C1(c2ccc(Cl)cc2)CC1. The molecular formula is C19H21ClN4O3S. The zero-order valence-electron chi connectivity index (χ0n) is 15.5. The lowest BCUT2D eigenvalue weighted by Crippen LogP contribution is -2.46. The highest BCUT2D eigenvalue weighted by atomic mass is 35.5. The number of ether oxygens (including phenoxy) is 1. The van der Waals surface area contributed by atoms with Crippen LogP contribution in [0.1, 0.15) is 33.8 Å².